The van der Waals surface area contributed by atoms with E-state index in [0.717, 1.165) is 49.2 Å². The van der Waals surface area contributed by atoms with Crippen LogP contribution in [-0.4, -0.2) is 37.9 Å². The Bertz CT molecular complexity index is 651. The molecule has 0 bridgehead atoms. The van der Waals surface area contributed by atoms with Gasteiger partial charge in [-0.3, -0.25) is 15.0 Å². The highest BCUT2D eigenvalue weighted by molar-refractivity contribution is 6.06. The van der Waals surface area contributed by atoms with Crippen LogP contribution in [-0.2, 0) is 9.59 Å². The van der Waals surface area contributed by atoms with Gasteiger partial charge in [-0.25, -0.2) is 4.79 Å². The molecule has 0 aliphatic carbocycles. The lowest BCUT2D eigenvalue weighted by Crippen LogP contribution is -2.49. The Morgan fingerprint density at radius 3 is 2.58 bits per heavy atom. The fourth-order valence-electron chi connectivity index (χ4n) is 3.50. The number of nitrogens with one attached hydrogen (secondary N) is 1. The van der Waals surface area contributed by atoms with Crippen molar-refractivity contribution < 1.29 is 14.4 Å². The van der Waals surface area contributed by atoms with E-state index in [0.29, 0.717) is 25.3 Å². The molecule has 0 aromatic heterocycles. The number of aldehydes is 1. The fraction of sp³-hybridized carbons (Fsp3) is 0.500. The van der Waals surface area contributed by atoms with Crippen molar-refractivity contribution in [2.45, 2.75) is 32.6 Å². The Kier molecular flexibility index (Phi) is 4.83. The van der Waals surface area contributed by atoms with Gasteiger partial charge in [-0.05, 0) is 49.4 Å². The van der Waals surface area contributed by atoms with E-state index in [9.17, 15) is 14.4 Å². The number of carbonyl (C=O) groups is 3. The molecule has 6 nitrogen and oxygen atoms in total. The van der Waals surface area contributed by atoms with Crippen LogP contribution in [0.2, 0.25) is 0 Å². The fourth-order valence-corrected chi connectivity index (χ4v) is 3.50. The number of nitrogens with zero attached hydrogens (tertiary/aromatic N) is 2. The van der Waals surface area contributed by atoms with Crippen molar-refractivity contribution in [2.24, 2.45) is 5.92 Å². The average Bonchev–Trinajstić information content (AvgIpc) is 2.56. The lowest BCUT2D eigenvalue weighted by atomic mass is 9.94. The summed E-state index contributed by atoms with van der Waals surface area (Å²) >= 11 is 0. The van der Waals surface area contributed by atoms with E-state index in [1.165, 1.54) is 0 Å². The minimum atomic E-state index is -0.350. The minimum absolute atomic E-state index is 0.219. The van der Waals surface area contributed by atoms with Crippen LogP contribution in [0, 0.1) is 12.8 Å². The standard InChI is InChI=1S/C18H23N3O3/c1-13-12-15(20-8-4-14(5-9-20)7-11-22)2-3-16(13)21-10-6-17(23)19-18(21)24/h2-3,11-12,14H,4-10H2,1H3,(H,19,23,24). The van der Waals surface area contributed by atoms with Crippen LogP contribution in [0.3, 0.4) is 0 Å². The summed E-state index contributed by atoms with van der Waals surface area (Å²) < 4.78 is 0. The molecule has 2 heterocycles. The zero-order valence-electron chi connectivity index (χ0n) is 14.0. The molecular formula is C18H23N3O3. The summed E-state index contributed by atoms with van der Waals surface area (Å²) in [5.74, 6) is 0.289. The third kappa shape index (κ3) is 3.42. The summed E-state index contributed by atoms with van der Waals surface area (Å²) in [6.07, 6.45) is 4.09. The number of amides is 3. The molecule has 2 aliphatic rings. The maximum atomic E-state index is 12.0. The Labute approximate surface area is 141 Å². The van der Waals surface area contributed by atoms with Gasteiger partial charge in [-0.1, -0.05) is 0 Å². The van der Waals surface area contributed by atoms with Gasteiger partial charge < -0.3 is 9.69 Å². The Morgan fingerprint density at radius 1 is 1.21 bits per heavy atom. The molecule has 1 N–H and O–H groups in total. The topological polar surface area (TPSA) is 69.7 Å². The highest BCUT2D eigenvalue weighted by Crippen LogP contribution is 2.30. The van der Waals surface area contributed by atoms with Crippen molar-refractivity contribution >= 4 is 29.6 Å². The van der Waals surface area contributed by atoms with Gasteiger partial charge in [0.05, 0.1) is 0 Å². The predicted molar refractivity (Wildman–Crippen MR) is 92.3 cm³/mol. The van der Waals surface area contributed by atoms with Crippen LogP contribution >= 0.6 is 0 Å². The molecule has 3 rings (SSSR count). The number of carbonyl (C=O) groups excluding carboxylic acids is 3. The smallest absolute Gasteiger partial charge is 0.328 e. The van der Waals surface area contributed by atoms with Gasteiger partial charge in [0.15, 0.2) is 0 Å². The van der Waals surface area contributed by atoms with Gasteiger partial charge in [0, 0.05) is 43.9 Å². The van der Waals surface area contributed by atoms with Crippen LogP contribution in [0.25, 0.3) is 0 Å². The van der Waals surface area contributed by atoms with Crippen molar-refractivity contribution in [1.29, 1.82) is 0 Å². The first-order valence-electron chi connectivity index (χ1n) is 8.49. The molecule has 2 fully saturated rings. The van der Waals surface area contributed by atoms with Crippen molar-refractivity contribution in [3.05, 3.63) is 23.8 Å². The van der Waals surface area contributed by atoms with E-state index in [4.69, 9.17) is 0 Å². The molecule has 0 radical (unpaired) electrons. The van der Waals surface area contributed by atoms with Gasteiger partial charge in [0.2, 0.25) is 5.91 Å². The molecule has 0 spiro atoms. The van der Waals surface area contributed by atoms with Gasteiger partial charge in [0.25, 0.3) is 0 Å². The first-order chi connectivity index (χ1) is 11.6. The second kappa shape index (κ2) is 7.03. The number of benzene rings is 1. The number of aryl methyl sites for hydroxylation is 1. The van der Waals surface area contributed by atoms with E-state index in [2.05, 4.69) is 16.3 Å². The van der Waals surface area contributed by atoms with E-state index >= 15 is 0 Å². The molecular weight excluding hydrogens is 306 g/mol. The zero-order chi connectivity index (χ0) is 17.1. The van der Waals surface area contributed by atoms with Crippen LogP contribution < -0.4 is 15.1 Å². The van der Waals surface area contributed by atoms with Crippen molar-refractivity contribution in [1.82, 2.24) is 5.32 Å². The summed E-state index contributed by atoms with van der Waals surface area (Å²) in [4.78, 5) is 37.9. The molecule has 128 valence electrons. The molecule has 0 unspecified atom stereocenters. The second-order valence-electron chi connectivity index (χ2n) is 6.56. The highest BCUT2D eigenvalue weighted by atomic mass is 16.2. The Hall–Kier alpha value is -2.37. The number of imide groups is 1. The van der Waals surface area contributed by atoms with E-state index < -0.39 is 0 Å². The average molecular weight is 329 g/mol. The largest absolute Gasteiger partial charge is 0.372 e. The maximum absolute atomic E-state index is 12.0. The maximum Gasteiger partial charge on any atom is 0.328 e. The molecule has 2 saturated heterocycles. The van der Waals surface area contributed by atoms with Crippen molar-refractivity contribution in [3.63, 3.8) is 0 Å². The van der Waals surface area contributed by atoms with Crippen LogP contribution in [0.5, 0.6) is 0 Å². The van der Waals surface area contributed by atoms with Crippen LogP contribution in [0.15, 0.2) is 18.2 Å². The molecule has 6 heteroatoms. The van der Waals surface area contributed by atoms with E-state index in [-0.39, 0.29) is 11.9 Å². The van der Waals surface area contributed by atoms with Crippen molar-refractivity contribution in [2.75, 3.05) is 29.4 Å². The number of piperidine rings is 1. The highest BCUT2D eigenvalue weighted by Gasteiger charge is 2.26. The minimum Gasteiger partial charge on any atom is -0.372 e. The summed E-state index contributed by atoms with van der Waals surface area (Å²) in [7, 11) is 0. The third-order valence-corrected chi connectivity index (χ3v) is 4.93. The lowest BCUT2D eigenvalue weighted by Gasteiger charge is -2.34. The Balaban J connectivity index is 1.70. The predicted octanol–water partition coefficient (Wildman–Crippen LogP) is 2.25. The molecule has 24 heavy (non-hydrogen) atoms. The van der Waals surface area contributed by atoms with Crippen molar-refractivity contribution in [3.8, 4) is 0 Å². The molecule has 1 aromatic rings. The number of hydrogen-bond donors (Lipinski definition) is 1. The molecule has 3 amide bonds. The first-order valence-corrected chi connectivity index (χ1v) is 8.49. The number of rotatable bonds is 4. The zero-order valence-corrected chi connectivity index (χ0v) is 14.0. The molecule has 0 atom stereocenters. The number of hydrogen-bond acceptors (Lipinski definition) is 4. The number of anilines is 2. The van der Waals surface area contributed by atoms with E-state index in [1.54, 1.807) is 4.90 Å². The summed E-state index contributed by atoms with van der Waals surface area (Å²) in [5, 5.41) is 2.36. The van der Waals surface area contributed by atoms with Gasteiger partial charge in [-0.15, -0.1) is 0 Å². The van der Waals surface area contributed by atoms with E-state index in [1.807, 2.05) is 19.1 Å². The first kappa shape index (κ1) is 16.5. The Morgan fingerprint density at radius 2 is 1.96 bits per heavy atom. The normalized spacial score (nSPS) is 19.4. The second-order valence-corrected chi connectivity index (χ2v) is 6.56. The molecule has 0 saturated carbocycles. The quantitative estimate of drug-likeness (QED) is 0.860. The summed E-state index contributed by atoms with van der Waals surface area (Å²) in [6, 6.07) is 5.74. The third-order valence-electron chi connectivity index (χ3n) is 4.93. The summed E-state index contributed by atoms with van der Waals surface area (Å²) in [6.45, 7) is 4.32. The monoisotopic (exact) mass is 329 g/mol. The molecule has 1 aromatic carbocycles. The van der Waals surface area contributed by atoms with Gasteiger partial charge in [0.1, 0.15) is 6.29 Å². The SMILES string of the molecule is Cc1cc(N2CCC(CC=O)CC2)ccc1N1CCC(=O)NC1=O. The van der Waals surface area contributed by atoms with Gasteiger partial charge in [-0.2, -0.15) is 0 Å². The van der Waals surface area contributed by atoms with Gasteiger partial charge >= 0.3 is 6.03 Å². The van der Waals surface area contributed by atoms with Crippen LogP contribution in [0.4, 0.5) is 16.2 Å². The summed E-state index contributed by atoms with van der Waals surface area (Å²) in [5.41, 5.74) is 3.01. The number of urea groups is 1. The molecule has 2 aliphatic heterocycles. The lowest BCUT2D eigenvalue weighted by molar-refractivity contribution is -0.120. The van der Waals surface area contributed by atoms with Crippen LogP contribution in [0.1, 0.15) is 31.2 Å².